The van der Waals surface area contributed by atoms with Gasteiger partial charge in [-0.1, -0.05) is 42.0 Å². The topological polar surface area (TPSA) is 68.2 Å². The smallest absolute Gasteiger partial charge is 0.352 e. The Morgan fingerprint density at radius 3 is 2.38 bits per heavy atom. The maximum absolute atomic E-state index is 13.2. The van der Waals surface area contributed by atoms with Crippen LogP contribution in [0.25, 0.3) is 10.9 Å². The van der Waals surface area contributed by atoms with Crippen LogP contribution in [0.3, 0.4) is 0 Å². The molecule has 4 aromatic rings. The van der Waals surface area contributed by atoms with E-state index >= 15 is 0 Å². The number of halogens is 3. The van der Waals surface area contributed by atoms with E-state index in [0.717, 1.165) is 28.6 Å². The van der Waals surface area contributed by atoms with Gasteiger partial charge in [-0.25, -0.2) is 12.4 Å². The molecule has 176 valence electrons. The van der Waals surface area contributed by atoms with E-state index in [1.165, 1.54) is 22.3 Å². The summed E-state index contributed by atoms with van der Waals surface area (Å²) in [6.45, 7) is 1.95. The Balaban J connectivity index is 1.53. The number of fused-ring (bicyclic) bond motifs is 1. The van der Waals surface area contributed by atoms with Crippen molar-refractivity contribution in [3.8, 4) is 0 Å². The van der Waals surface area contributed by atoms with Gasteiger partial charge < -0.3 is 5.32 Å². The van der Waals surface area contributed by atoms with Crippen molar-refractivity contribution in [1.29, 1.82) is 0 Å². The fraction of sp³-hybridized carbons (Fsp3) is 0.160. The molecule has 1 heterocycles. The van der Waals surface area contributed by atoms with Gasteiger partial charge in [0.15, 0.2) is 0 Å². The van der Waals surface area contributed by atoms with E-state index in [1.54, 1.807) is 48.5 Å². The summed E-state index contributed by atoms with van der Waals surface area (Å²) in [5, 5.41) is 3.24. The molecule has 0 aliphatic heterocycles. The van der Waals surface area contributed by atoms with Crippen LogP contribution in [0.4, 0.5) is 13.2 Å². The molecule has 1 N–H and O–H groups in total. The number of carbonyl (C=O) groups excluding carboxylic acids is 1. The molecule has 0 atom stereocenters. The van der Waals surface area contributed by atoms with Gasteiger partial charge in [0.05, 0.1) is 21.5 Å². The van der Waals surface area contributed by atoms with Crippen molar-refractivity contribution in [2.45, 2.75) is 24.4 Å². The Hall–Kier alpha value is -3.59. The number of carbonyl (C=O) groups is 1. The second-order valence-electron chi connectivity index (χ2n) is 7.87. The van der Waals surface area contributed by atoms with E-state index in [2.05, 4.69) is 5.32 Å². The molecule has 0 aliphatic carbocycles. The normalized spacial score (nSPS) is 12.1. The van der Waals surface area contributed by atoms with Gasteiger partial charge in [0, 0.05) is 18.1 Å². The largest absolute Gasteiger partial charge is 0.417 e. The SMILES string of the molecule is Cc1ccc(S(=O)(=O)n2ccc3ccc(CCNC(=O)c4ccccc4C(F)(F)F)cc32)cc1. The number of benzene rings is 3. The number of aromatic nitrogens is 1. The monoisotopic (exact) mass is 486 g/mol. The molecule has 5 nitrogen and oxygen atoms in total. The highest BCUT2D eigenvalue weighted by Crippen LogP contribution is 2.31. The summed E-state index contributed by atoms with van der Waals surface area (Å²) < 4.78 is 66.9. The van der Waals surface area contributed by atoms with E-state index in [0.29, 0.717) is 11.9 Å². The van der Waals surface area contributed by atoms with Gasteiger partial charge in [0.1, 0.15) is 0 Å². The van der Waals surface area contributed by atoms with Gasteiger partial charge in [-0.05, 0) is 55.3 Å². The fourth-order valence-electron chi connectivity index (χ4n) is 3.68. The Morgan fingerprint density at radius 2 is 1.68 bits per heavy atom. The first-order valence-corrected chi connectivity index (χ1v) is 11.9. The predicted octanol–water partition coefficient (Wildman–Crippen LogP) is 5.18. The van der Waals surface area contributed by atoms with Gasteiger partial charge in [-0.2, -0.15) is 13.2 Å². The van der Waals surface area contributed by atoms with Crippen LogP contribution >= 0.6 is 0 Å². The molecule has 0 spiro atoms. The van der Waals surface area contributed by atoms with Crippen LogP contribution in [0, 0.1) is 6.92 Å². The molecular weight excluding hydrogens is 465 g/mol. The summed E-state index contributed by atoms with van der Waals surface area (Å²) in [4.78, 5) is 12.5. The third-order valence-electron chi connectivity index (χ3n) is 5.48. The lowest BCUT2D eigenvalue weighted by molar-refractivity contribution is -0.137. The molecule has 3 aromatic carbocycles. The van der Waals surface area contributed by atoms with Crippen molar-refractivity contribution in [3.05, 3.63) is 101 Å². The summed E-state index contributed by atoms with van der Waals surface area (Å²) in [7, 11) is -3.80. The summed E-state index contributed by atoms with van der Waals surface area (Å²) in [6.07, 6.45) is -2.83. The van der Waals surface area contributed by atoms with Crippen LogP contribution in [0.15, 0.2) is 83.9 Å². The first-order valence-electron chi connectivity index (χ1n) is 10.4. The highest BCUT2D eigenvalue weighted by atomic mass is 32.2. The first-order chi connectivity index (χ1) is 16.1. The minimum atomic E-state index is -4.63. The van der Waals surface area contributed by atoms with Crippen molar-refractivity contribution in [2.24, 2.45) is 0 Å². The summed E-state index contributed by atoms with van der Waals surface area (Å²) in [5.74, 6) is -0.820. The van der Waals surface area contributed by atoms with Crippen LogP contribution in [0.2, 0.25) is 0 Å². The van der Waals surface area contributed by atoms with Crippen molar-refractivity contribution >= 4 is 26.8 Å². The fourth-order valence-corrected chi connectivity index (χ4v) is 5.03. The third-order valence-corrected chi connectivity index (χ3v) is 7.18. The van der Waals surface area contributed by atoms with Crippen LogP contribution in [-0.2, 0) is 22.6 Å². The predicted molar refractivity (Wildman–Crippen MR) is 123 cm³/mol. The quantitative estimate of drug-likeness (QED) is 0.409. The zero-order valence-electron chi connectivity index (χ0n) is 18.1. The number of aryl methyl sites for hydroxylation is 1. The van der Waals surface area contributed by atoms with Gasteiger partial charge in [-0.15, -0.1) is 0 Å². The minimum absolute atomic E-state index is 0.0853. The molecule has 0 saturated heterocycles. The average Bonchev–Trinajstić information content (AvgIpc) is 3.23. The minimum Gasteiger partial charge on any atom is -0.352 e. The number of amides is 1. The van der Waals surface area contributed by atoms with Crippen molar-refractivity contribution in [2.75, 3.05) is 6.54 Å². The Labute approximate surface area is 194 Å². The van der Waals surface area contributed by atoms with E-state index < -0.39 is 33.2 Å². The number of alkyl halides is 3. The van der Waals surface area contributed by atoms with Crippen LogP contribution in [0.1, 0.15) is 27.0 Å². The zero-order chi connectivity index (χ0) is 24.5. The first kappa shape index (κ1) is 23.6. The molecule has 0 saturated carbocycles. The third kappa shape index (κ3) is 4.70. The molecular formula is C25H21F3N2O3S. The van der Waals surface area contributed by atoms with Crippen LogP contribution in [-0.4, -0.2) is 24.8 Å². The van der Waals surface area contributed by atoms with Gasteiger partial charge >= 0.3 is 6.18 Å². The molecule has 0 bridgehead atoms. The van der Waals surface area contributed by atoms with Crippen molar-refractivity contribution < 1.29 is 26.4 Å². The van der Waals surface area contributed by atoms with Crippen molar-refractivity contribution in [3.63, 3.8) is 0 Å². The van der Waals surface area contributed by atoms with E-state index in [-0.39, 0.29) is 11.4 Å². The van der Waals surface area contributed by atoms with Crippen LogP contribution < -0.4 is 5.32 Å². The number of hydrogen-bond acceptors (Lipinski definition) is 3. The Kier molecular flexibility index (Phi) is 6.22. The van der Waals surface area contributed by atoms with E-state index in [1.807, 2.05) is 6.92 Å². The average molecular weight is 487 g/mol. The van der Waals surface area contributed by atoms with E-state index in [9.17, 15) is 26.4 Å². The number of rotatable bonds is 6. The number of hydrogen-bond donors (Lipinski definition) is 1. The Morgan fingerprint density at radius 1 is 0.971 bits per heavy atom. The lowest BCUT2D eigenvalue weighted by Gasteiger charge is -2.13. The van der Waals surface area contributed by atoms with Crippen molar-refractivity contribution in [1.82, 2.24) is 9.29 Å². The highest BCUT2D eigenvalue weighted by Gasteiger charge is 2.34. The summed E-state index contributed by atoms with van der Waals surface area (Å²) >= 11 is 0. The second-order valence-corrected chi connectivity index (χ2v) is 9.69. The molecule has 0 radical (unpaired) electrons. The molecule has 0 fully saturated rings. The summed E-state index contributed by atoms with van der Waals surface area (Å²) in [6, 6.07) is 18.1. The lowest BCUT2D eigenvalue weighted by atomic mass is 10.1. The molecule has 1 amide bonds. The van der Waals surface area contributed by atoms with Gasteiger partial charge in [0.2, 0.25) is 0 Å². The molecule has 1 aromatic heterocycles. The standard InChI is InChI=1S/C25H21F3N2O3S/c1-17-6-10-20(11-7-17)34(32,33)30-15-13-19-9-8-18(16-23(19)30)12-14-29-24(31)21-4-2-3-5-22(21)25(26,27)28/h2-11,13,15-16H,12,14H2,1H3,(H,29,31). The highest BCUT2D eigenvalue weighted by molar-refractivity contribution is 7.90. The van der Waals surface area contributed by atoms with E-state index in [4.69, 9.17) is 0 Å². The second kappa shape index (κ2) is 8.98. The molecule has 9 heteroatoms. The number of nitrogens with one attached hydrogen (secondary N) is 1. The number of nitrogens with zero attached hydrogens (tertiary/aromatic N) is 1. The Bertz CT molecular complexity index is 1460. The van der Waals surface area contributed by atoms with Gasteiger partial charge in [-0.3, -0.25) is 4.79 Å². The maximum atomic E-state index is 13.2. The summed E-state index contributed by atoms with van der Waals surface area (Å²) in [5.41, 5.74) is 0.720. The lowest BCUT2D eigenvalue weighted by Crippen LogP contribution is -2.28. The molecule has 0 unspecified atom stereocenters. The molecule has 4 rings (SSSR count). The maximum Gasteiger partial charge on any atom is 0.417 e. The molecule has 34 heavy (non-hydrogen) atoms. The van der Waals surface area contributed by atoms with Crippen LogP contribution in [0.5, 0.6) is 0 Å². The zero-order valence-corrected chi connectivity index (χ0v) is 19.0. The molecule has 0 aliphatic rings. The van der Waals surface area contributed by atoms with Gasteiger partial charge in [0.25, 0.3) is 15.9 Å².